The maximum absolute atomic E-state index is 12.4. The standard InChI is InChI=1S/C11H22N2O7.C10H20N2O3.C8H16N2O3.C7H14N2O5.C7H14N2O4.C7H14N2O3/c1-18-8-13-9(17)12(4-5-14)10(6-15,7-16)11(13,19-2)20-3;1-10(2)6-11(4-5-13)9(14)12(7-10)8-15-3;1-13-7-10-4-2-3-9(5-6-11)8(10)12;1-14-4-9-6(12)5(11)8(2-3-10)7(9)13;1-12-4-9-6-13-5-8(2-3-10)7(9)11;1-12-6-9-3-2-8(4-5-10)7(9)11/h14-16H,4-8H2,1-3H3;13H,4-8H2,1-3H3;11H,2-7H2,1H3;5-6,10-12H,2-4H2,1H3;10H,2-6H2,1H3;10H,2-6H2,1H3. The van der Waals surface area contributed by atoms with Gasteiger partial charge >= 0.3 is 36.2 Å². The lowest BCUT2D eigenvalue weighted by Gasteiger charge is -2.45. The number of aliphatic hydroxyl groups is 10. The first-order valence-electron chi connectivity index (χ1n) is 27.7. The van der Waals surface area contributed by atoms with Crippen LogP contribution in [-0.2, 0) is 42.6 Å². The Balaban J connectivity index is 0.000000526. The van der Waals surface area contributed by atoms with Crippen molar-refractivity contribution in [3.05, 3.63) is 0 Å². The van der Waals surface area contributed by atoms with E-state index in [1.165, 1.54) is 45.3 Å². The average molecular weight is 1270 g/mol. The summed E-state index contributed by atoms with van der Waals surface area (Å²) in [7, 11) is 11.6. The Morgan fingerprint density at radius 1 is 0.402 bits per heavy atom. The van der Waals surface area contributed by atoms with Crippen LogP contribution in [0.15, 0.2) is 0 Å². The molecule has 0 aromatic rings. The number of carbonyl (C=O) groups is 6. The summed E-state index contributed by atoms with van der Waals surface area (Å²) in [6.07, 6.45) is -1.69. The summed E-state index contributed by atoms with van der Waals surface area (Å²) >= 11 is 0. The van der Waals surface area contributed by atoms with Crippen molar-refractivity contribution >= 4 is 36.2 Å². The SMILES string of the molecule is COCN1C(=O)N(CCO)C(CO)(CO)C1(OC)OC.COCN1C(=O)N(CCO)C(O)C1O.COCN1CC(C)(C)CN(CCO)C1=O.COCN1CCCN(CCO)C1=O.COCN1CCN(CCO)C1=O.COCN1COCN(CCO)C1=O. The van der Waals surface area contributed by atoms with Crippen molar-refractivity contribution in [3.63, 3.8) is 0 Å². The summed E-state index contributed by atoms with van der Waals surface area (Å²) in [5.74, 6) is -1.72. The van der Waals surface area contributed by atoms with Crippen LogP contribution >= 0.6 is 0 Å². The van der Waals surface area contributed by atoms with Crippen LogP contribution in [0.5, 0.6) is 0 Å². The highest BCUT2D eigenvalue weighted by molar-refractivity contribution is 5.80. The molecule has 0 aromatic carbocycles. The molecule has 0 spiro atoms. The summed E-state index contributed by atoms with van der Waals surface area (Å²) in [6, 6.07) is -1.44. The quantitative estimate of drug-likeness (QED) is 0.0327. The number of β-amino-alcohol motifs (C(OH)–C–C–N with tert-alkyl or cyclic N) is 6. The van der Waals surface area contributed by atoms with E-state index < -0.39 is 49.2 Å². The Hall–Kier alpha value is -5.14. The Morgan fingerprint density at radius 3 is 1.26 bits per heavy atom. The fraction of sp³-hybridized carbons (Fsp3) is 0.880. The van der Waals surface area contributed by atoms with Gasteiger partial charge in [0.2, 0.25) is 0 Å². The van der Waals surface area contributed by atoms with Crippen LogP contribution in [-0.4, -0.2) is 412 Å². The van der Waals surface area contributed by atoms with Gasteiger partial charge in [-0.15, -0.1) is 0 Å². The largest absolute Gasteiger partial charge is 0.395 e. The first-order chi connectivity index (χ1) is 41.5. The lowest BCUT2D eigenvalue weighted by atomic mass is 9.90. The predicted molar refractivity (Wildman–Crippen MR) is 302 cm³/mol. The number of hydrogen-bond acceptors (Lipinski definition) is 25. The zero-order valence-corrected chi connectivity index (χ0v) is 52.1. The Bertz CT molecular complexity index is 1810. The van der Waals surface area contributed by atoms with Crippen LogP contribution in [0.25, 0.3) is 0 Å². The van der Waals surface area contributed by atoms with Crippen LogP contribution in [0.3, 0.4) is 0 Å². The van der Waals surface area contributed by atoms with Crippen molar-refractivity contribution in [3.8, 4) is 0 Å². The van der Waals surface area contributed by atoms with Crippen molar-refractivity contribution in [2.45, 2.75) is 44.2 Å². The third kappa shape index (κ3) is 22.1. The highest BCUT2D eigenvalue weighted by Gasteiger charge is 2.69. The molecule has 37 heteroatoms. The van der Waals surface area contributed by atoms with Crippen molar-refractivity contribution in [1.29, 1.82) is 0 Å². The molecule has 0 bridgehead atoms. The molecule has 0 aromatic heterocycles. The molecule has 6 saturated heterocycles. The molecule has 510 valence electrons. The van der Waals surface area contributed by atoms with Crippen LogP contribution in [0.4, 0.5) is 28.8 Å². The second-order valence-corrected chi connectivity index (χ2v) is 20.4. The number of carbonyl (C=O) groups excluding carboxylic acids is 6. The van der Waals surface area contributed by atoms with E-state index in [0.717, 1.165) is 39.1 Å². The second kappa shape index (κ2) is 42.0. The molecule has 6 aliphatic heterocycles. The maximum Gasteiger partial charge on any atom is 0.327 e. The Labute approximate surface area is 508 Å². The van der Waals surface area contributed by atoms with E-state index in [-0.39, 0.29) is 116 Å². The molecule has 6 heterocycles. The number of rotatable bonds is 28. The molecule has 12 amide bonds. The summed E-state index contributed by atoms with van der Waals surface area (Å²) in [4.78, 5) is 87.0. The van der Waals surface area contributed by atoms with Gasteiger partial charge in [-0.2, -0.15) is 0 Å². The van der Waals surface area contributed by atoms with Crippen LogP contribution in [0.2, 0.25) is 0 Å². The van der Waals surface area contributed by atoms with Gasteiger partial charge in [-0.25, -0.2) is 33.7 Å². The fourth-order valence-electron chi connectivity index (χ4n) is 9.73. The van der Waals surface area contributed by atoms with Crippen LogP contribution in [0, 0.1) is 5.41 Å². The van der Waals surface area contributed by atoms with Crippen molar-refractivity contribution in [2.24, 2.45) is 5.41 Å². The van der Waals surface area contributed by atoms with Crippen LogP contribution < -0.4 is 0 Å². The summed E-state index contributed by atoms with van der Waals surface area (Å²) < 4.78 is 44.9. The van der Waals surface area contributed by atoms with E-state index in [0.29, 0.717) is 72.6 Å². The number of methoxy groups -OCH3 is 8. The van der Waals surface area contributed by atoms with Gasteiger partial charge in [0.1, 0.15) is 53.8 Å². The first kappa shape index (κ1) is 79.9. The maximum atomic E-state index is 12.4. The summed E-state index contributed by atoms with van der Waals surface area (Å²) in [5.41, 5.74) is -1.52. The Kier molecular flexibility index (Phi) is 38.5. The molecule has 10 N–H and O–H groups in total. The van der Waals surface area contributed by atoms with Gasteiger partial charge in [-0.05, 0) is 6.42 Å². The van der Waals surface area contributed by atoms with Crippen LogP contribution in [0.1, 0.15) is 20.3 Å². The lowest BCUT2D eigenvalue weighted by Crippen LogP contribution is -2.68. The number of amides is 12. The van der Waals surface area contributed by atoms with E-state index in [1.54, 1.807) is 50.7 Å². The van der Waals surface area contributed by atoms with Crippen molar-refractivity contribution in [2.75, 3.05) is 242 Å². The molecule has 0 radical (unpaired) electrons. The minimum absolute atomic E-state index is 0.00262. The molecule has 2 unspecified atom stereocenters. The highest BCUT2D eigenvalue weighted by atomic mass is 16.7. The number of hydrogen-bond donors (Lipinski definition) is 10. The molecule has 6 aliphatic rings. The van der Waals surface area contributed by atoms with Gasteiger partial charge in [0.05, 0.1) is 52.9 Å². The van der Waals surface area contributed by atoms with Gasteiger partial charge < -0.3 is 123 Å². The highest BCUT2D eigenvalue weighted by Crippen LogP contribution is 2.42. The number of ether oxygens (including phenoxy) is 9. The second-order valence-electron chi connectivity index (χ2n) is 20.4. The van der Waals surface area contributed by atoms with E-state index in [4.69, 9.17) is 68.5 Å². The van der Waals surface area contributed by atoms with Crippen molar-refractivity contribution < 1.29 is 122 Å². The molecule has 0 aliphatic carbocycles. The van der Waals surface area contributed by atoms with E-state index in [2.05, 4.69) is 18.6 Å². The monoisotopic (exact) mass is 1270 g/mol. The molecular weight excluding hydrogens is 1170 g/mol. The third-order valence-electron chi connectivity index (χ3n) is 13.6. The molecule has 6 rings (SSSR count). The number of nitrogens with zero attached hydrogens (tertiary/aromatic N) is 12. The van der Waals surface area contributed by atoms with Gasteiger partial charge in [-0.1, -0.05) is 13.8 Å². The van der Waals surface area contributed by atoms with Gasteiger partial charge in [-0.3, -0.25) is 24.5 Å². The molecule has 0 saturated carbocycles. The predicted octanol–water partition coefficient (Wildman–Crippen LogP) is -5.42. The fourth-order valence-corrected chi connectivity index (χ4v) is 9.73. The topological polar surface area (TPSA) is 427 Å². The van der Waals surface area contributed by atoms with Gasteiger partial charge in [0.15, 0.2) is 18.0 Å². The average Bonchev–Trinajstić information content (AvgIpc) is 1.57. The minimum Gasteiger partial charge on any atom is -0.395 e. The van der Waals surface area contributed by atoms with Gasteiger partial charge in [0, 0.05) is 141 Å². The first-order valence-corrected chi connectivity index (χ1v) is 27.7. The number of urea groups is 6. The van der Waals surface area contributed by atoms with E-state index in [9.17, 15) is 49.2 Å². The summed E-state index contributed by atoms with van der Waals surface area (Å²) in [5, 5.41) is 90.9. The summed E-state index contributed by atoms with van der Waals surface area (Å²) in [6.45, 7) is 9.41. The molecule has 2 atom stereocenters. The minimum atomic E-state index is -1.72. The van der Waals surface area contributed by atoms with E-state index >= 15 is 0 Å². The molecule has 6 fully saturated rings. The third-order valence-corrected chi connectivity index (χ3v) is 13.6. The zero-order valence-electron chi connectivity index (χ0n) is 52.1. The lowest BCUT2D eigenvalue weighted by molar-refractivity contribution is -0.329. The smallest absolute Gasteiger partial charge is 0.327 e. The van der Waals surface area contributed by atoms with E-state index in [1.807, 2.05) is 0 Å². The molecular formula is C50H100N12O25. The van der Waals surface area contributed by atoms with Gasteiger partial charge in [0.25, 0.3) is 5.91 Å². The normalized spacial score (nSPS) is 20.7. The zero-order chi connectivity index (χ0) is 65.9. The molecule has 87 heavy (non-hydrogen) atoms. The Morgan fingerprint density at radius 2 is 0.782 bits per heavy atom. The number of aliphatic hydroxyl groups excluding tert-OH is 10. The molecule has 37 nitrogen and oxygen atoms in total. The van der Waals surface area contributed by atoms with Crippen molar-refractivity contribution in [1.82, 2.24) is 58.8 Å².